The molecule has 90 valence electrons. The Hall–Kier alpha value is -1.13. The molecule has 0 spiro atoms. The first-order valence-corrected chi connectivity index (χ1v) is 5.51. The highest BCUT2D eigenvalue weighted by Crippen LogP contribution is 2.17. The molecule has 1 aromatic rings. The predicted octanol–water partition coefficient (Wildman–Crippen LogP) is 1.43. The Bertz CT molecular complexity index is 326. The predicted molar refractivity (Wildman–Crippen MR) is 65.5 cm³/mol. The minimum absolute atomic E-state index is 0.0294. The molecule has 1 aromatic heterocycles. The van der Waals surface area contributed by atoms with Crippen LogP contribution in [0.3, 0.4) is 0 Å². The average Bonchev–Trinajstić information content (AvgIpc) is 2.16. The Morgan fingerprint density at radius 3 is 2.62 bits per heavy atom. The molecule has 0 radical (unpaired) electrons. The van der Waals surface area contributed by atoms with Gasteiger partial charge in [-0.1, -0.05) is 0 Å². The van der Waals surface area contributed by atoms with Crippen LogP contribution in [0.5, 0.6) is 5.75 Å². The van der Waals surface area contributed by atoms with Gasteiger partial charge in [-0.15, -0.1) is 0 Å². The van der Waals surface area contributed by atoms with Crippen molar-refractivity contribution in [2.45, 2.75) is 26.0 Å². The molecule has 0 aliphatic carbocycles. The van der Waals surface area contributed by atoms with Crippen molar-refractivity contribution in [1.29, 1.82) is 0 Å². The van der Waals surface area contributed by atoms with E-state index in [0.717, 1.165) is 17.9 Å². The highest BCUT2D eigenvalue weighted by atomic mass is 16.5. The number of rotatable bonds is 5. The van der Waals surface area contributed by atoms with E-state index < -0.39 is 0 Å². The molecule has 4 heteroatoms. The van der Waals surface area contributed by atoms with Crippen LogP contribution in [0.15, 0.2) is 18.5 Å². The first-order valence-electron chi connectivity index (χ1n) is 5.51. The Labute approximate surface area is 97.4 Å². The van der Waals surface area contributed by atoms with Gasteiger partial charge in [0, 0.05) is 18.8 Å². The van der Waals surface area contributed by atoms with Crippen LogP contribution in [0, 0.1) is 0 Å². The topological polar surface area (TPSA) is 51.4 Å². The number of pyridine rings is 1. The number of nitrogens with zero attached hydrogens (tertiary/aromatic N) is 2. The zero-order chi connectivity index (χ0) is 12.1. The lowest BCUT2D eigenvalue weighted by Gasteiger charge is -2.18. The van der Waals surface area contributed by atoms with Gasteiger partial charge in [-0.25, -0.2) is 0 Å². The lowest BCUT2D eigenvalue weighted by Crippen LogP contribution is -2.26. The molecule has 0 aromatic carbocycles. The van der Waals surface area contributed by atoms with E-state index >= 15 is 0 Å². The second-order valence-corrected chi connectivity index (χ2v) is 4.49. The molecule has 0 saturated heterocycles. The molecular formula is C12H21N3O. The molecular weight excluding hydrogens is 202 g/mol. The van der Waals surface area contributed by atoms with Gasteiger partial charge in [0.05, 0.1) is 12.3 Å². The van der Waals surface area contributed by atoms with Gasteiger partial charge in [0.1, 0.15) is 5.75 Å². The van der Waals surface area contributed by atoms with Crippen LogP contribution in [-0.4, -0.2) is 36.6 Å². The smallest absolute Gasteiger partial charge is 0.138 e. The van der Waals surface area contributed by atoms with Gasteiger partial charge < -0.3 is 15.4 Å². The molecule has 16 heavy (non-hydrogen) atoms. The van der Waals surface area contributed by atoms with Gasteiger partial charge in [0.25, 0.3) is 0 Å². The van der Waals surface area contributed by atoms with Crippen molar-refractivity contribution >= 4 is 0 Å². The molecule has 1 rings (SSSR count). The zero-order valence-corrected chi connectivity index (χ0v) is 10.5. The van der Waals surface area contributed by atoms with Crippen LogP contribution in [0.1, 0.15) is 25.5 Å². The molecule has 2 N–H and O–H groups in total. The van der Waals surface area contributed by atoms with E-state index in [2.05, 4.69) is 9.88 Å². The van der Waals surface area contributed by atoms with E-state index in [0.29, 0.717) is 0 Å². The second kappa shape index (κ2) is 5.82. The van der Waals surface area contributed by atoms with Crippen LogP contribution >= 0.6 is 0 Å². The summed E-state index contributed by atoms with van der Waals surface area (Å²) < 4.78 is 5.58. The number of aromatic nitrogens is 1. The van der Waals surface area contributed by atoms with E-state index in [9.17, 15) is 0 Å². The van der Waals surface area contributed by atoms with E-state index in [1.54, 1.807) is 12.4 Å². The Morgan fingerprint density at radius 2 is 2.06 bits per heavy atom. The van der Waals surface area contributed by atoms with Gasteiger partial charge in [-0.2, -0.15) is 0 Å². The lowest BCUT2D eigenvalue weighted by molar-refractivity contribution is 0.241. The molecule has 1 heterocycles. The number of nitrogens with two attached hydrogens (primary N) is 1. The van der Waals surface area contributed by atoms with Gasteiger partial charge >= 0.3 is 0 Å². The van der Waals surface area contributed by atoms with Crippen LogP contribution in [-0.2, 0) is 0 Å². The van der Waals surface area contributed by atoms with Crippen molar-refractivity contribution in [3.05, 3.63) is 24.0 Å². The summed E-state index contributed by atoms with van der Waals surface area (Å²) in [7, 11) is 4.00. The summed E-state index contributed by atoms with van der Waals surface area (Å²) in [6.45, 7) is 4.78. The number of hydrogen-bond acceptors (Lipinski definition) is 4. The average molecular weight is 223 g/mol. The van der Waals surface area contributed by atoms with Gasteiger partial charge in [0.2, 0.25) is 0 Å². The molecule has 1 unspecified atom stereocenters. The monoisotopic (exact) mass is 223 g/mol. The van der Waals surface area contributed by atoms with Crippen LogP contribution in [0.2, 0.25) is 0 Å². The van der Waals surface area contributed by atoms with E-state index in [-0.39, 0.29) is 12.1 Å². The molecule has 4 nitrogen and oxygen atoms in total. The first kappa shape index (κ1) is 12.9. The number of ether oxygens (including phenoxy) is 1. The fourth-order valence-corrected chi connectivity index (χ4v) is 1.47. The quantitative estimate of drug-likeness (QED) is 0.820. The fourth-order valence-electron chi connectivity index (χ4n) is 1.47. The van der Waals surface area contributed by atoms with Crippen LogP contribution < -0.4 is 10.5 Å². The molecule has 0 bridgehead atoms. The van der Waals surface area contributed by atoms with E-state index in [1.165, 1.54) is 0 Å². The molecule has 1 atom stereocenters. The van der Waals surface area contributed by atoms with Crippen LogP contribution in [0.4, 0.5) is 0 Å². The fraction of sp³-hybridized carbons (Fsp3) is 0.583. The van der Waals surface area contributed by atoms with Gasteiger partial charge in [-0.3, -0.25) is 4.98 Å². The first-order chi connectivity index (χ1) is 7.49. The Morgan fingerprint density at radius 1 is 1.38 bits per heavy atom. The van der Waals surface area contributed by atoms with Gasteiger partial charge in [-0.05, 0) is 39.6 Å². The lowest BCUT2D eigenvalue weighted by atomic mass is 10.1. The third-order valence-corrected chi connectivity index (χ3v) is 2.10. The highest BCUT2D eigenvalue weighted by Gasteiger charge is 2.09. The minimum atomic E-state index is -0.0294. The van der Waals surface area contributed by atoms with Crippen molar-refractivity contribution in [2.75, 3.05) is 20.6 Å². The summed E-state index contributed by atoms with van der Waals surface area (Å²) in [6.07, 6.45) is 3.66. The molecule has 0 aliphatic rings. The van der Waals surface area contributed by atoms with Crippen molar-refractivity contribution in [2.24, 2.45) is 5.73 Å². The van der Waals surface area contributed by atoms with Gasteiger partial charge in [0.15, 0.2) is 0 Å². The summed E-state index contributed by atoms with van der Waals surface area (Å²) >= 11 is 0. The van der Waals surface area contributed by atoms with E-state index in [4.69, 9.17) is 10.5 Å². The van der Waals surface area contributed by atoms with Crippen LogP contribution in [0.25, 0.3) is 0 Å². The summed E-state index contributed by atoms with van der Waals surface area (Å²) in [4.78, 5) is 6.20. The minimum Gasteiger partial charge on any atom is -0.489 e. The van der Waals surface area contributed by atoms with Crippen molar-refractivity contribution in [3.63, 3.8) is 0 Å². The highest BCUT2D eigenvalue weighted by molar-refractivity contribution is 5.26. The Balaban J connectivity index is 2.73. The van der Waals surface area contributed by atoms with Crippen molar-refractivity contribution < 1.29 is 4.74 Å². The second-order valence-electron chi connectivity index (χ2n) is 4.49. The summed E-state index contributed by atoms with van der Waals surface area (Å²) in [5.41, 5.74) is 7.06. The normalized spacial score (nSPS) is 13.2. The maximum Gasteiger partial charge on any atom is 0.138 e. The number of hydrogen-bond donors (Lipinski definition) is 1. The van der Waals surface area contributed by atoms with Crippen molar-refractivity contribution in [1.82, 2.24) is 9.88 Å². The molecule has 0 saturated carbocycles. The molecule has 0 aliphatic heterocycles. The standard InChI is InChI=1S/C12H21N3O/c1-9(2)16-11-5-10(6-14-7-11)12(13)8-15(3)4/h5-7,9,12H,8,13H2,1-4H3. The third kappa shape index (κ3) is 4.16. The SMILES string of the molecule is CC(C)Oc1cncc(C(N)CN(C)C)c1. The third-order valence-electron chi connectivity index (χ3n) is 2.10. The largest absolute Gasteiger partial charge is 0.489 e. The Kier molecular flexibility index (Phi) is 4.71. The number of likely N-dealkylation sites (N-methyl/N-ethyl adjacent to an activating group) is 1. The van der Waals surface area contributed by atoms with Crippen molar-refractivity contribution in [3.8, 4) is 5.75 Å². The van der Waals surface area contributed by atoms with E-state index in [1.807, 2.05) is 34.0 Å². The maximum atomic E-state index is 6.06. The summed E-state index contributed by atoms with van der Waals surface area (Å²) in [6, 6.07) is 1.93. The molecule has 0 amide bonds. The zero-order valence-electron chi connectivity index (χ0n) is 10.5. The summed E-state index contributed by atoms with van der Waals surface area (Å²) in [5, 5.41) is 0. The molecule has 0 fully saturated rings. The summed E-state index contributed by atoms with van der Waals surface area (Å²) in [5.74, 6) is 0.779. The maximum absolute atomic E-state index is 6.06.